The third-order valence-electron chi connectivity index (χ3n) is 5.86. The van der Waals surface area contributed by atoms with Gasteiger partial charge in [0.15, 0.2) is 0 Å². The number of oxime groups is 1. The predicted octanol–water partition coefficient (Wildman–Crippen LogP) is 2.02. The number of nitrogens with zero attached hydrogens (tertiary/aromatic N) is 5. The molecule has 3 aliphatic rings. The summed E-state index contributed by atoms with van der Waals surface area (Å²) in [6.07, 6.45) is -2.92. The van der Waals surface area contributed by atoms with Crippen LogP contribution in [0.1, 0.15) is 26.2 Å². The van der Waals surface area contributed by atoms with Crippen LogP contribution in [0.2, 0.25) is 0 Å². The van der Waals surface area contributed by atoms with Gasteiger partial charge >= 0.3 is 6.18 Å². The third kappa shape index (κ3) is 4.12. The Bertz CT molecular complexity index is 868. The summed E-state index contributed by atoms with van der Waals surface area (Å²) in [5, 5.41) is 3.98. The summed E-state index contributed by atoms with van der Waals surface area (Å²) in [4.78, 5) is 25.3. The van der Waals surface area contributed by atoms with Gasteiger partial charge in [0.1, 0.15) is 19.0 Å². The number of hydrogen-bond donors (Lipinski definition) is 0. The van der Waals surface area contributed by atoms with Crippen molar-refractivity contribution in [3.63, 3.8) is 0 Å². The topological polar surface area (TPSA) is 72.2 Å². The molecule has 0 N–H and O–H groups in total. The fraction of sp³-hybridized carbons (Fsp3) is 0.737. The van der Waals surface area contributed by atoms with Gasteiger partial charge < -0.3 is 19.4 Å². The molecule has 166 valence electrons. The zero-order valence-corrected chi connectivity index (χ0v) is 17.1. The average Bonchev–Trinajstić information content (AvgIpc) is 3.52. The predicted molar refractivity (Wildman–Crippen MR) is 105 cm³/mol. The highest BCUT2D eigenvalue weighted by molar-refractivity contribution is 5.92. The van der Waals surface area contributed by atoms with Gasteiger partial charge in [-0.15, -0.1) is 0 Å². The molecule has 0 spiro atoms. The second-order valence-electron chi connectivity index (χ2n) is 8.04. The van der Waals surface area contributed by atoms with E-state index in [1.807, 2.05) is 11.8 Å². The van der Waals surface area contributed by atoms with Gasteiger partial charge in [-0.2, -0.15) is 18.2 Å². The van der Waals surface area contributed by atoms with E-state index in [1.165, 1.54) is 22.6 Å². The van der Waals surface area contributed by atoms with Crippen LogP contribution in [0.5, 0.6) is 0 Å². The van der Waals surface area contributed by atoms with E-state index < -0.39 is 12.2 Å². The van der Waals surface area contributed by atoms with Crippen LogP contribution < -0.4 is 15.4 Å². The maximum atomic E-state index is 13.9. The second-order valence-corrected chi connectivity index (χ2v) is 8.04. The van der Waals surface area contributed by atoms with Crippen LogP contribution in [0, 0.1) is 5.92 Å². The van der Waals surface area contributed by atoms with E-state index in [-0.39, 0.29) is 43.0 Å². The van der Waals surface area contributed by atoms with Crippen molar-refractivity contribution in [1.29, 1.82) is 0 Å². The molecule has 3 heterocycles. The molecule has 11 heteroatoms. The highest BCUT2D eigenvalue weighted by Gasteiger charge is 2.48. The Labute approximate surface area is 172 Å². The van der Waals surface area contributed by atoms with E-state index in [4.69, 9.17) is 9.57 Å². The molecule has 0 bridgehead atoms. The van der Waals surface area contributed by atoms with Crippen molar-refractivity contribution in [1.82, 2.24) is 9.55 Å². The van der Waals surface area contributed by atoms with E-state index in [2.05, 4.69) is 10.1 Å². The third-order valence-corrected chi connectivity index (χ3v) is 5.86. The van der Waals surface area contributed by atoms with Gasteiger partial charge in [-0.25, -0.2) is 0 Å². The molecular formula is C19H26F3N5O3. The monoisotopic (exact) mass is 429 g/mol. The number of ether oxygens (including phenoxy) is 1. The summed E-state index contributed by atoms with van der Waals surface area (Å²) in [5.74, 6) is 0.532. The summed E-state index contributed by atoms with van der Waals surface area (Å²) in [5.41, 5.74) is 0.204. The highest BCUT2D eigenvalue weighted by Crippen LogP contribution is 2.37. The van der Waals surface area contributed by atoms with Crippen LogP contribution >= 0.6 is 0 Å². The van der Waals surface area contributed by atoms with Gasteiger partial charge in [-0.3, -0.25) is 9.36 Å². The van der Waals surface area contributed by atoms with Crippen molar-refractivity contribution in [3.05, 3.63) is 16.4 Å². The first kappa shape index (κ1) is 21.0. The molecule has 1 saturated heterocycles. The number of morpholine rings is 1. The van der Waals surface area contributed by atoms with Gasteiger partial charge in [-0.1, -0.05) is 5.16 Å². The Morgan fingerprint density at radius 2 is 2.10 bits per heavy atom. The minimum Gasteiger partial charge on any atom is -0.399 e. The largest absolute Gasteiger partial charge is 0.408 e. The van der Waals surface area contributed by atoms with Gasteiger partial charge in [0.25, 0.3) is 5.56 Å². The van der Waals surface area contributed by atoms with E-state index in [1.54, 1.807) is 0 Å². The van der Waals surface area contributed by atoms with E-state index in [9.17, 15) is 18.0 Å². The fourth-order valence-electron chi connectivity index (χ4n) is 4.13. The lowest BCUT2D eigenvalue weighted by atomic mass is 10.1. The molecule has 1 aromatic rings. The molecule has 1 aliphatic carbocycles. The van der Waals surface area contributed by atoms with Crippen LogP contribution in [0.25, 0.3) is 0 Å². The molecule has 0 amide bonds. The Morgan fingerprint density at radius 3 is 2.73 bits per heavy atom. The normalized spacial score (nSPS) is 25.3. The number of rotatable bonds is 5. The lowest BCUT2D eigenvalue weighted by Crippen LogP contribution is -2.54. The zero-order valence-electron chi connectivity index (χ0n) is 17.1. The maximum Gasteiger partial charge on any atom is 0.408 e. The van der Waals surface area contributed by atoms with Gasteiger partial charge in [0, 0.05) is 25.1 Å². The number of anilines is 2. The molecule has 0 aromatic carbocycles. The first-order chi connectivity index (χ1) is 14.3. The molecule has 0 unspecified atom stereocenters. The quantitative estimate of drug-likeness (QED) is 0.527. The summed E-state index contributed by atoms with van der Waals surface area (Å²) in [7, 11) is 1.38. The number of fused-ring (bicyclic) bond motifs is 1. The van der Waals surface area contributed by atoms with Crippen LogP contribution in [0.15, 0.2) is 16.0 Å². The number of halogens is 3. The molecule has 2 fully saturated rings. The molecule has 0 radical (unpaired) electrons. The number of alkyl halides is 3. The van der Waals surface area contributed by atoms with Gasteiger partial charge in [0.05, 0.1) is 31.5 Å². The number of hydrogen-bond acceptors (Lipinski definition) is 7. The first-order valence-electron chi connectivity index (χ1n) is 10.2. The second kappa shape index (κ2) is 8.09. The number of aromatic nitrogens is 2. The minimum atomic E-state index is -4.45. The van der Waals surface area contributed by atoms with Crippen molar-refractivity contribution in [2.75, 3.05) is 43.2 Å². The summed E-state index contributed by atoms with van der Waals surface area (Å²) >= 11 is 0. The van der Waals surface area contributed by atoms with Crippen LogP contribution in [-0.2, 0) is 16.1 Å². The molecule has 4 rings (SSSR count). The lowest BCUT2D eigenvalue weighted by Gasteiger charge is -2.40. The van der Waals surface area contributed by atoms with E-state index in [0.29, 0.717) is 31.3 Å². The summed E-state index contributed by atoms with van der Waals surface area (Å²) in [6.45, 7) is 3.31. The SMILES string of the molecule is CO/N=C(\CN1c2nc(N3CCOC[C@H]3C)cc(=O)n2CC[C@H]1C(F)(F)F)C1CC1. The Balaban J connectivity index is 1.76. The molecular weight excluding hydrogens is 403 g/mol. The first-order valence-corrected chi connectivity index (χ1v) is 10.2. The van der Waals surface area contributed by atoms with Crippen molar-refractivity contribution < 1.29 is 22.7 Å². The maximum absolute atomic E-state index is 13.9. The molecule has 1 saturated carbocycles. The van der Waals surface area contributed by atoms with Gasteiger partial charge in [-0.05, 0) is 26.2 Å². The Kier molecular flexibility index (Phi) is 5.65. The molecule has 30 heavy (non-hydrogen) atoms. The van der Waals surface area contributed by atoms with Crippen molar-refractivity contribution in [2.45, 2.75) is 51.0 Å². The Morgan fingerprint density at radius 1 is 1.33 bits per heavy atom. The average molecular weight is 429 g/mol. The molecule has 2 aliphatic heterocycles. The fourth-order valence-corrected chi connectivity index (χ4v) is 4.13. The zero-order chi connectivity index (χ0) is 21.5. The van der Waals surface area contributed by atoms with Crippen molar-refractivity contribution in [3.8, 4) is 0 Å². The van der Waals surface area contributed by atoms with Gasteiger partial charge in [0.2, 0.25) is 5.95 Å². The van der Waals surface area contributed by atoms with Crippen LogP contribution in [-0.4, -0.2) is 66.9 Å². The summed E-state index contributed by atoms with van der Waals surface area (Å²) in [6, 6.07) is -0.355. The standard InChI is InChI=1S/C19H26F3N5O3/c1-12-11-30-8-7-25(12)16-9-17(28)26-6-5-15(19(20,21)22)27(18(26)23-16)10-14(24-29-2)13-3-4-13/h9,12-13,15H,3-8,10-11H2,1-2H3/b24-14+/t12-,15+/m1/s1. The minimum absolute atomic E-state index is 0.0266. The van der Waals surface area contributed by atoms with Crippen LogP contribution in [0.3, 0.4) is 0 Å². The molecule has 1 aromatic heterocycles. The lowest BCUT2D eigenvalue weighted by molar-refractivity contribution is -0.152. The molecule has 2 atom stereocenters. The smallest absolute Gasteiger partial charge is 0.399 e. The molecule has 8 nitrogen and oxygen atoms in total. The van der Waals surface area contributed by atoms with Crippen molar-refractivity contribution >= 4 is 17.5 Å². The van der Waals surface area contributed by atoms with Crippen LogP contribution in [0.4, 0.5) is 24.9 Å². The summed E-state index contributed by atoms with van der Waals surface area (Å²) < 4.78 is 48.5. The van der Waals surface area contributed by atoms with E-state index >= 15 is 0 Å². The van der Waals surface area contributed by atoms with Crippen molar-refractivity contribution in [2.24, 2.45) is 11.1 Å². The van der Waals surface area contributed by atoms with E-state index in [0.717, 1.165) is 12.8 Å². The highest BCUT2D eigenvalue weighted by atomic mass is 19.4. The Hall–Kier alpha value is -2.30.